The minimum atomic E-state index is -0.590. The van der Waals surface area contributed by atoms with E-state index in [1.165, 1.54) is 0 Å². The van der Waals surface area contributed by atoms with E-state index in [4.69, 9.17) is 23.2 Å². The predicted molar refractivity (Wildman–Crippen MR) is 125 cm³/mol. The molecule has 1 atom stereocenters. The van der Waals surface area contributed by atoms with Crippen LogP contribution in [0.25, 0.3) is 0 Å². The molecule has 31 heavy (non-hydrogen) atoms. The first-order chi connectivity index (χ1) is 14.7. The van der Waals surface area contributed by atoms with E-state index in [-0.39, 0.29) is 23.0 Å². The van der Waals surface area contributed by atoms with Gasteiger partial charge in [-0.1, -0.05) is 55.2 Å². The van der Waals surface area contributed by atoms with Crippen LogP contribution in [0.4, 0.5) is 11.4 Å². The lowest BCUT2D eigenvalue weighted by Crippen LogP contribution is -2.40. The van der Waals surface area contributed by atoms with Gasteiger partial charge in [0.05, 0.1) is 17.4 Å². The Balaban J connectivity index is 1.80. The minimum absolute atomic E-state index is 0.0149. The van der Waals surface area contributed by atoms with Crippen LogP contribution in [0.1, 0.15) is 51.1 Å². The Bertz CT molecular complexity index is 1130. The molecule has 160 valence electrons. The smallest absolute Gasteiger partial charge is 0.231 e. The van der Waals surface area contributed by atoms with E-state index in [0.717, 1.165) is 41.9 Å². The summed E-state index contributed by atoms with van der Waals surface area (Å²) in [7, 11) is 0. The zero-order valence-corrected chi connectivity index (χ0v) is 19.1. The molecule has 2 aromatic rings. The Kier molecular flexibility index (Phi) is 4.91. The van der Waals surface area contributed by atoms with Crippen LogP contribution in [0.15, 0.2) is 53.7 Å². The molecule has 3 aliphatic rings. The Morgan fingerprint density at radius 1 is 1.10 bits per heavy atom. The van der Waals surface area contributed by atoms with Crippen LogP contribution >= 0.6 is 23.2 Å². The Hall–Kier alpha value is -2.30. The summed E-state index contributed by atoms with van der Waals surface area (Å²) in [5.74, 6) is 0.0757. The number of para-hydroxylation sites is 2. The molecule has 0 spiro atoms. The zero-order chi connectivity index (χ0) is 21.9. The molecular formula is C25H24Cl2N2O2. The summed E-state index contributed by atoms with van der Waals surface area (Å²) in [5.41, 5.74) is 3.67. The molecule has 2 aliphatic carbocycles. The van der Waals surface area contributed by atoms with E-state index in [0.29, 0.717) is 22.0 Å². The van der Waals surface area contributed by atoms with Crippen molar-refractivity contribution in [2.24, 2.45) is 11.3 Å². The van der Waals surface area contributed by atoms with Crippen molar-refractivity contribution in [2.45, 2.75) is 45.6 Å². The second-order valence-corrected chi connectivity index (χ2v) is 10.4. The lowest BCUT2D eigenvalue weighted by atomic mass is 9.73. The fraction of sp³-hybridized carbons (Fsp3) is 0.360. The molecule has 2 aromatic carbocycles. The maximum absolute atomic E-state index is 13.6. The van der Waals surface area contributed by atoms with Gasteiger partial charge in [0, 0.05) is 33.7 Å². The van der Waals surface area contributed by atoms with E-state index in [1.807, 2.05) is 30.3 Å². The summed E-state index contributed by atoms with van der Waals surface area (Å²) in [6.45, 7) is 4.20. The highest BCUT2D eigenvalue weighted by atomic mass is 35.5. The number of halogens is 2. The summed E-state index contributed by atoms with van der Waals surface area (Å²) >= 11 is 12.8. The number of carbonyl (C=O) groups is 2. The average Bonchev–Trinajstić information content (AvgIpc) is 3.52. The summed E-state index contributed by atoms with van der Waals surface area (Å²) in [6.07, 6.45) is 2.89. The minimum Gasteiger partial charge on any atom is -0.357 e. The van der Waals surface area contributed by atoms with E-state index in [9.17, 15) is 9.59 Å². The maximum Gasteiger partial charge on any atom is 0.231 e. The van der Waals surface area contributed by atoms with Crippen molar-refractivity contribution >= 4 is 46.3 Å². The third-order valence-corrected chi connectivity index (χ3v) is 6.88. The molecule has 6 heteroatoms. The standard InChI is InChI=1S/C25H24Cl2N2O2/c1-25(2)12-19-22(21(30)13-25)23(16-10-9-15(26)11-17(16)27)29(24(31)14-7-8-14)20-6-4-3-5-18(20)28-19/h3-6,9-11,14,23,28H,7-8,12-13H2,1-2H3/t23-/m0/s1. The van der Waals surface area contributed by atoms with E-state index in [2.05, 4.69) is 19.2 Å². The number of nitrogens with zero attached hydrogens (tertiary/aromatic N) is 1. The highest BCUT2D eigenvalue weighted by Crippen LogP contribution is 2.50. The molecule has 1 heterocycles. The van der Waals surface area contributed by atoms with Gasteiger partial charge in [0.2, 0.25) is 5.91 Å². The lowest BCUT2D eigenvalue weighted by Gasteiger charge is -2.37. The summed E-state index contributed by atoms with van der Waals surface area (Å²) < 4.78 is 0. The Morgan fingerprint density at radius 2 is 1.84 bits per heavy atom. The topological polar surface area (TPSA) is 49.4 Å². The molecule has 0 saturated heterocycles. The summed E-state index contributed by atoms with van der Waals surface area (Å²) in [4.78, 5) is 29.0. The number of hydrogen-bond donors (Lipinski definition) is 1. The summed E-state index contributed by atoms with van der Waals surface area (Å²) in [6, 6.07) is 12.5. The number of fused-ring (bicyclic) bond motifs is 1. The maximum atomic E-state index is 13.6. The highest BCUT2D eigenvalue weighted by Gasteiger charge is 2.46. The third kappa shape index (κ3) is 3.66. The predicted octanol–water partition coefficient (Wildman–Crippen LogP) is 6.55. The number of hydrogen-bond acceptors (Lipinski definition) is 3. The van der Waals surface area contributed by atoms with Gasteiger partial charge in [-0.05, 0) is 54.5 Å². The summed E-state index contributed by atoms with van der Waals surface area (Å²) in [5, 5.41) is 4.49. The number of Topliss-reactive ketones (excluding diaryl/α,β-unsaturated/α-hetero) is 1. The number of nitrogens with one attached hydrogen (secondary N) is 1. The van der Waals surface area contributed by atoms with Gasteiger partial charge in [0.25, 0.3) is 0 Å². The Morgan fingerprint density at radius 3 is 2.55 bits per heavy atom. The molecule has 0 aromatic heterocycles. The van der Waals surface area contributed by atoms with Crippen molar-refractivity contribution in [3.8, 4) is 0 Å². The normalized spacial score (nSPS) is 22.4. The van der Waals surface area contributed by atoms with Crippen molar-refractivity contribution in [2.75, 3.05) is 10.2 Å². The van der Waals surface area contributed by atoms with Crippen LogP contribution in [-0.4, -0.2) is 11.7 Å². The largest absolute Gasteiger partial charge is 0.357 e. The number of carbonyl (C=O) groups excluding carboxylic acids is 2. The van der Waals surface area contributed by atoms with Gasteiger partial charge in [-0.3, -0.25) is 14.5 Å². The zero-order valence-electron chi connectivity index (χ0n) is 17.5. The van der Waals surface area contributed by atoms with Gasteiger partial charge in [-0.25, -0.2) is 0 Å². The number of ketones is 1. The van der Waals surface area contributed by atoms with Crippen LogP contribution in [0.3, 0.4) is 0 Å². The first-order valence-electron chi connectivity index (χ1n) is 10.7. The second kappa shape index (κ2) is 7.39. The number of amides is 1. The van der Waals surface area contributed by atoms with Gasteiger partial charge in [-0.2, -0.15) is 0 Å². The van der Waals surface area contributed by atoms with Gasteiger partial charge in [-0.15, -0.1) is 0 Å². The van der Waals surface area contributed by atoms with Crippen LogP contribution in [0.2, 0.25) is 10.0 Å². The van der Waals surface area contributed by atoms with E-state index >= 15 is 0 Å². The van der Waals surface area contributed by atoms with Crippen molar-refractivity contribution in [3.05, 3.63) is 69.3 Å². The number of benzene rings is 2. The molecule has 1 N–H and O–H groups in total. The molecule has 0 bridgehead atoms. The van der Waals surface area contributed by atoms with Crippen LogP contribution in [0, 0.1) is 11.3 Å². The van der Waals surface area contributed by atoms with Crippen LogP contribution < -0.4 is 10.2 Å². The highest BCUT2D eigenvalue weighted by molar-refractivity contribution is 6.35. The molecular weight excluding hydrogens is 431 g/mol. The fourth-order valence-electron chi connectivity index (χ4n) is 4.77. The second-order valence-electron chi connectivity index (χ2n) is 9.53. The van der Waals surface area contributed by atoms with Crippen molar-refractivity contribution in [3.63, 3.8) is 0 Å². The van der Waals surface area contributed by atoms with Gasteiger partial charge in [0.1, 0.15) is 0 Å². The monoisotopic (exact) mass is 454 g/mol. The van der Waals surface area contributed by atoms with Gasteiger partial charge < -0.3 is 5.32 Å². The fourth-order valence-corrected chi connectivity index (χ4v) is 5.29. The van der Waals surface area contributed by atoms with Crippen LogP contribution in [0.5, 0.6) is 0 Å². The molecule has 1 fully saturated rings. The molecule has 1 aliphatic heterocycles. The van der Waals surface area contributed by atoms with Gasteiger partial charge in [0.15, 0.2) is 5.78 Å². The quantitative estimate of drug-likeness (QED) is 0.559. The lowest BCUT2D eigenvalue weighted by molar-refractivity contribution is -0.120. The van der Waals surface area contributed by atoms with E-state index < -0.39 is 6.04 Å². The first-order valence-corrected chi connectivity index (χ1v) is 11.4. The first kappa shape index (κ1) is 20.6. The molecule has 5 rings (SSSR count). The third-order valence-electron chi connectivity index (χ3n) is 6.32. The molecule has 4 nitrogen and oxygen atoms in total. The SMILES string of the molecule is CC1(C)CC(=O)C2=C(C1)Nc1ccccc1N(C(=O)C1CC1)[C@H]2c1ccc(Cl)cc1Cl. The van der Waals surface area contributed by atoms with Gasteiger partial charge >= 0.3 is 0 Å². The van der Waals surface area contributed by atoms with E-state index in [1.54, 1.807) is 17.0 Å². The van der Waals surface area contributed by atoms with Crippen molar-refractivity contribution < 1.29 is 9.59 Å². The van der Waals surface area contributed by atoms with Crippen LogP contribution in [-0.2, 0) is 9.59 Å². The molecule has 0 radical (unpaired) electrons. The average molecular weight is 455 g/mol. The molecule has 1 amide bonds. The van der Waals surface area contributed by atoms with Crippen molar-refractivity contribution in [1.29, 1.82) is 0 Å². The molecule has 1 saturated carbocycles. The molecule has 0 unspecified atom stereocenters. The number of rotatable bonds is 2. The Labute approximate surface area is 192 Å². The number of allylic oxidation sites excluding steroid dienone is 1. The van der Waals surface area contributed by atoms with Crippen molar-refractivity contribution in [1.82, 2.24) is 0 Å². The number of anilines is 2.